The molecule has 0 aliphatic carbocycles. The van der Waals surface area contributed by atoms with E-state index in [0.717, 1.165) is 5.56 Å². The molecule has 1 rings (SSSR count). The van der Waals surface area contributed by atoms with Crippen molar-refractivity contribution in [2.24, 2.45) is 0 Å². The smallest absolute Gasteiger partial charge is 0.337 e. The second kappa shape index (κ2) is 3.89. The molecule has 1 aromatic carbocycles. The molecule has 13 heavy (non-hydrogen) atoms. The minimum Gasteiger partial charge on any atom is -0.479 e. The maximum absolute atomic E-state index is 10.5. The third-order valence-corrected chi connectivity index (χ3v) is 2.37. The summed E-state index contributed by atoms with van der Waals surface area (Å²) in [6.45, 7) is 1.89. The van der Waals surface area contributed by atoms with Crippen LogP contribution in [0.15, 0.2) is 22.7 Å². The van der Waals surface area contributed by atoms with Crippen molar-refractivity contribution in [2.45, 2.75) is 13.0 Å². The first-order chi connectivity index (χ1) is 6.02. The third-order valence-electron chi connectivity index (χ3n) is 1.68. The third kappa shape index (κ3) is 2.29. The van der Waals surface area contributed by atoms with Crippen molar-refractivity contribution < 1.29 is 15.0 Å². The summed E-state index contributed by atoms with van der Waals surface area (Å²) in [7, 11) is 0. The van der Waals surface area contributed by atoms with Gasteiger partial charge < -0.3 is 10.2 Å². The van der Waals surface area contributed by atoms with Crippen molar-refractivity contribution in [3.05, 3.63) is 33.8 Å². The molecule has 0 aliphatic rings. The van der Waals surface area contributed by atoms with E-state index in [1.54, 1.807) is 18.2 Å². The Kier molecular flexibility index (Phi) is 3.06. The Labute approximate surface area is 84.1 Å². The number of halogens is 1. The number of aliphatic hydroxyl groups is 1. The Morgan fingerprint density at radius 1 is 1.54 bits per heavy atom. The van der Waals surface area contributed by atoms with E-state index in [1.807, 2.05) is 6.92 Å². The summed E-state index contributed by atoms with van der Waals surface area (Å²) < 4.78 is 0.613. The molecule has 0 bridgehead atoms. The Hall–Kier alpha value is -0.870. The predicted octanol–water partition coefficient (Wildman–Crippen LogP) is 1.88. The number of aliphatic hydroxyl groups excluding tert-OH is 1. The van der Waals surface area contributed by atoms with E-state index >= 15 is 0 Å². The number of carboxylic acid groups (broad SMARTS) is 1. The SMILES string of the molecule is Cc1ccc(C(O)C(=O)O)c(Br)c1. The van der Waals surface area contributed by atoms with Gasteiger partial charge in [0.2, 0.25) is 0 Å². The molecule has 0 fully saturated rings. The summed E-state index contributed by atoms with van der Waals surface area (Å²) in [5.74, 6) is -1.25. The van der Waals surface area contributed by atoms with Crippen LogP contribution in [0.1, 0.15) is 17.2 Å². The van der Waals surface area contributed by atoms with E-state index in [0.29, 0.717) is 10.0 Å². The Morgan fingerprint density at radius 2 is 2.15 bits per heavy atom. The average molecular weight is 245 g/mol. The van der Waals surface area contributed by atoms with Gasteiger partial charge in [-0.2, -0.15) is 0 Å². The van der Waals surface area contributed by atoms with E-state index in [2.05, 4.69) is 15.9 Å². The lowest BCUT2D eigenvalue weighted by atomic mass is 10.1. The summed E-state index contributed by atoms with van der Waals surface area (Å²) in [4.78, 5) is 10.5. The lowest BCUT2D eigenvalue weighted by Crippen LogP contribution is -2.10. The standard InChI is InChI=1S/C9H9BrO3/c1-5-2-3-6(7(10)4-5)8(11)9(12)13/h2-4,8,11H,1H3,(H,12,13). The minimum atomic E-state index is -1.46. The maximum atomic E-state index is 10.5. The molecule has 3 nitrogen and oxygen atoms in total. The van der Waals surface area contributed by atoms with Gasteiger partial charge in [0.15, 0.2) is 6.10 Å². The van der Waals surface area contributed by atoms with Gasteiger partial charge in [0.1, 0.15) is 0 Å². The molecule has 0 heterocycles. The van der Waals surface area contributed by atoms with Gasteiger partial charge in [-0.15, -0.1) is 0 Å². The predicted molar refractivity (Wildman–Crippen MR) is 51.5 cm³/mol. The van der Waals surface area contributed by atoms with Crippen LogP contribution in [-0.4, -0.2) is 16.2 Å². The Morgan fingerprint density at radius 3 is 2.62 bits per heavy atom. The van der Waals surface area contributed by atoms with Crippen LogP contribution in [0.3, 0.4) is 0 Å². The fourth-order valence-corrected chi connectivity index (χ4v) is 1.70. The fraction of sp³-hybridized carbons (Fsp3) is 0.222. The number of carbonyl (C=O) groups is 1. The van der Waals surface area contributed by atoms with Gasteiger partial charge >= 0.3 is 5.97 Å². The van der Waals surface area contributed by atoms with Crippen LogP contribution in [0.2, 0.25) is 0 Å². The first-order valence-corrected chi connectivity index (χ1v) is 4.48. The molecule has 70 valence electrons. The quantitative estimate of drug-likeness (QED) is 0.836. The summed E-state index contributed by atoms with van der Waals surface area (Å²) in [5, 5.41) is 17.8. The average Bonchev–Trinajstić information content (AvgIpc) is 2.03. The van der Waals surface area contributed by atoms with Crippen LogP contribution in [0.25, 0.3) is 0 Å². The molecule has 1 unspecified atom stereocenters. The van der Waals surface area contributed by atoms with Crippen molar-refractivity contribution in [1.82, 2.24) is 0 Å². The molecule has 1 aromatic rings. The zero-order valence-electron chi connectivity index (χ0n) is 6.99. The molecule has 0 amide bonds. The molecule has 1 atom stereocenters. The molecule has 0 spiro atoms. The molecule has 0 saturated carbocycles. The molecule has 0 radical (unpaired) electrons. The number of hydrogen-bond acceptors (Lipinski definition) is 2. The number of rotatable bonds is 2. The zero-order chi connectivity index (χ0) is 10.0. The molecular weight excluding hydrogens is 236 g/mol. The largest absolute Gasteiger partial charge is 0.479 e. The van der Waals surface area contributed by atoms with Gasteiger partial charge in [0, 0.05) is 10.0 Å². The zero-order valence-corrected chi connectivity index (χ0v) is 8.58. The number of aliphatic carboxylic acids is 1. The highest BCUT2D eigenvalue weighted by molar-refractivity contribution is 9.10. The van der Waals surface area contributed by atoms with Crippen LogP contribution in [0.5, 0.6) is 0 Å². The van der Waals surface area contributed by atoms with Gasteiger partial charge in [-0.1, -0.05) is 28.1 Å². The Balaban J connectivity index is 3.08. The van der Waals surface area contributed by atoms with Gasteiger partial charge in [-0.3, -0.25) is 0 Å². The lowest BCUT2D eigenvalue weighted by Gasteiger charge is -2.08. The highest BCUT2D eigenvalue weighted by atomic mass is 79.9. The molecule has 4 heteroatoms. The van der Waals surface area contributed by atoms with Crippen molar-refractivity contribution >= 4 is 21.9 Å². The first kappa shape index (κ1) is 10.2. The van der Waals surface area contributed by atoms with Crippen LogP contribution < -0.4 is 0 Å². The van der Waals surface area contributed by atoms with Gasteiger partial charge in [0.05, 0.1) is 0 Å². The van der Waals surface area contributed by atoms with Crippen LogP contribution in [-0.2, 0) is 4.79 Å². The number of aryl methyl sites for hydroxylation is 1. The van der Waals surface area contributed by atoms with E-state index in [4.69, 9.17) is 5.11 Å². The van der Waals surface area contributed by atoms with E-state index in [1.165, 1.54) is 0 Å². The summed E-state index contributed by atoms with van der Waals surface area (Å²) in [5.41, 5.74) is 1.38. The highest BCUT2D eigenvalue weighted by Gasteiger charge is 2.18. The van der Waals surface area contributed by atoms with Crippen LogP contribution in [0.4, 0.5) is 0 Å². The second-order valence-corrected chi connectivity index (χ2v) is 3.62. The van der Waals surface area contributed by atoms with E-state index < -0.39 is 12.1 Å². The number of carboxylic acids is 1. The highest BCUT2D eigenvalue weighted by Crippen LogP contribution is 2.24. The van der Waals surface area contributed by atoms with Crippen molar-refractivity contribution in [1.29, 1.82) is 0 Å². The minimum absolute atomic E-state index is 0.373. The monoisotopic (exact) mass is 244 g/mol. The number of benzene rings is 1. The molecule has 2 N–H and O–H groups in total. The van der Waals surface area contributed by atoms with Crippen molar-refractivity contribution in [2.75, 3.05) is 0 Å². The van der Waals surface area contributed by atoms with Crippen molar-refractivity contribution in [3.63, 3.8) is 0 Å². The Bertz CT molecular complexity index is 336. The number of hydrogen-bond donors (Lipinski definition) is 2. The fourth-order valence-electron chi connectivity index (χ4n) is 0.987. The van der Waals surface area contributed by atoms with Crippen LogP contribution in [0, 0.1) is 6.92 Å². The summed E-state index contributed by atoms with van der Waals surface area (Å²) >= 11 is 3.19. The molecule has 0 aromatic heterocycles. The summed E-state index contributed by atoms with van der Waals surface area (Å²) in [6, 6.07) is 5.12. The molecular formula is C9H9BrO3. The van der Waals surface area contributed by atoms with Gasteiger partial charge in [0.25, 0.3) is 0 Å². The van der Waals surface area contributed by atoms with E-state index in [9.17, 15) is 9.90 Å². The summed E-state index contributed by atoms with van der Waals surface area (Å²) in [6.07, 6.45) is -1.46. The van der Waals surface area contributed by atoms with Gasteiger partial charge in [-0.25, -0.2) is 4.79 Å². The normalized spacial score (nSPS) is 12.5. The molecule has 0 aliphatic heterocycles. The molecule has 0 saturated heterocycles. The first-order valence-electron chi connectivity index (χ1n) is 3.69. The van der Waals surface area contributed by atoms with E-state index in [-0.39, 0.29) is 0 Å². The topological polar surface area (TPSA) is 57.5 Å². The van der Waals surface area contributed by atoms with Gasteiger partial charge in [-0.05, 0) is 18.6 Å². The maximum Gasteiger partial charge on any atom is 0.337 e. The second-order valence-electron chi connectivity index (χ2n) is 2.77. The lowest BCUT2D eigenvalue weighted by molar-refractivity contribution is -0.147. The van der Waals surface area contributed by atoms with Crippen molar-refractivity contribution in [3.8, 4) is 0 Å². The van der Waals surface area contributed by atoms with Crippen LogP contribution >= 0.6 is 15.9 Å².